The molecule has 0 amide bonds. The summed E-state index contributed by atoms with van der Waals surface area (Å²) in [4.78, 5) is 12.7. The summed E-state index contributed by atoms with van der Waals surface area (Å²) in [6, 6.07) is 3.36. The number of ether oxygens (including phenoxy) is 2. The molecule has 0 aliphatic carbocycles. The molecule has 2 rings (SSSR count). The van der Waals surface area contributed by atoms with Crippen molar-refractivity contribution >= 4 is 5.97 Å². The molecular weight excluding hydrogens is 340 g/mol. The van der Waals surface area contributed by atoms with Crippen LogP contribution in [0.5, 0.6) is 11.5 Å². The van der Waals surface area contributed by atoms with Gasteiger partial charge in [0.15, 0.2) is 0 Å². The summed E-state index contributed by atoms with van der Waals surface area (Å²) < 4.78 is 10.9. The lowest BCUT2D eigenvalue weighted by Crippen LogP contribution is -2.17. The summed E-state index contributed by atoms with van der Waals surface area (Å²) in [6.07, 6.45) is 15.0. The van der Waals surface area contributed by atoms with Crippen molar-refractivity contribution in [3.63, 3.8) is 0 Å². The number of methoxy groups -OCH3 is 1. The highest BCUT2D eigenvalue weighted by Gasteiger charge is 2.21. The molecule has 1 N–H and O–H groups in total. The highest BCUT2D eigenvalue weighted by Crippen LogP contribution is 2.30. The molecule has 0 saturated carbocycles. The molecular formula is C23H36O4. The fourth-order valence-electron chi connectivity index (χ4n) is 3.85. The zero-order valence-electron chi connectivity index (χ0n) is 17.1. The average Bonchev–Trinajstić information content (AvgIpc) is 2.64. The molecule has 0 aromatic heterocycles. The number of cyclic esters (lactones) is 1. The number of aromatic hydroxyl groups is 1. The minimum atomic E-state index is -0.418. The van der Waals surface area contributed by atoms with Crippen LogP contribution in [0.25, 0.3) is 0 Å². The molecule has 1 aliphatic rings. The lowest BCUT2D eigenvalue weighted by atomic mass is 9.98. The molecule has 0 bridgehead atoms. The van der Waals surface area contributed by atoms with Crippen molar-refractivity contribution in [3.05, 3.63) is 23.3 Å². The van der Waals surface area contributed by atoms with Crippen LogP contribution in [-0.2, 0) is 11.2 Å². The number of carbonyl (C=O) groups is 1. The van der Waals surface area contributed by atoms with Gasteiger partial charge in [-0.3, -0.25) is 0 Å². The molecule has 1 aromatic rings. The minimum Gasteiger partial charge on any atom is -0.507 e. The number of phenols is 1. The fourth-order valence-corrected chi connectivity index (χ4v) is 3.85. The van der Waals surface area contributed by atoms with Crippen LogP contribution in [0, 0.1) is 0 Å². The number of carbonyl (C=O) groups excluding carboxylic acids is 1. The van der Waals surface area contributed by atoms with Gasteiger partial charge < -0.3 is 14.6 Å². The van der Waals surface area contributed by atoms with Crippen LogP contribution in [0.15, 0.2) is 12.1 Å². The normalized spacial score (nSPS) is 21.4. The number of hydrogen-bond acceptors (Lipinski definition) is 4. The quantitative estimate of drug-likeness (QED) is 0.594. The summed E-state index contributed by atoms with van der Waals surface area (Å²) in [6.45, 7) is 1.94. The molecule has 1 aliphatic heterocycles. The highest BCUT2D eigenvalue weighted by molar-refractivity contribution is 5.94. The van der Waals surface area contributed by atoms with Crippen molar-refractivity contribution < 1.29 is 19.4 Å². The van der Waals surface area contributed by atoms with Crippen LogP contribution < -0.4 is 4.74 Å². The second-order valence-corrected chi connectivity index (χ2v) is 7.82. The van der Waals surface area contributed by atoms with E-state index in [0.717, 1.165) is 37.7 Å². The van der Waals surface area contributed by atoms with Crippen LogP contribution in [-0.4, -0.2) is 24.3 Å². The van der Waals surface area contributed by atoms with Crippen molar-refractivity contribution in [2.45, 2.75) is 96.5 Å². The van der Waals surface area contributed by atoms with Gasteiger partial charge in [-0.15, -0.1) is 0 Å². The first-order chi connectivity index (χ1) is 13.1. The zero-order chi connectivity index (χ0) is 19.5. The van der Waals surface area contributed by atoms with Gasteiger partial charge in [0.25, 0.3) is 0 Å². The predicted molar refractivity (Wildman–Crippen MR) is 109 cm³/mol. The maximum absolute atomic E-state index is 12.7. The number of phenolic OH excluding ortho intramolecular Hbond substituents is 1. The van der Waals surface area contributed by atoms with Crippen molar-refractivity contribution in [1.29, 1.82) is 0 Å². The van der Waals surface area contributed by atoms with Gasteiger partial charge in [0.1, 0.15) is 17.1 Å². The Balaban J connectivity index is 2.11. The van der Waals surface area contributed by atoms with E-state index in [2.05, 4.69) is 0 Å². The van der Waals surface area contributed by atoms with Crippen LogP contribution in [0.2, 0.25) is 0 Å². The predicted octanol–water partition coefficient (Wildman–Crippen LogP) is 6.18. The summed E-state index contributed by atoms with van der Waals surface area (Å²) in [5.74, 6) is 0.115. The van der Waals surface area contributed by atoms with Gasteiger partial charge >= 0.3 is 5.97 Å². The first kappa shape index (κ1) is 21.6. The highest BCUT2D eigenvalue weighted by atomic mass is 16.5. The maximum Gasteiger partial charge on any atom is 0.342 e. The molecule has 0 fully saturated rings. The van der Waals surface area contributed by atoms with Gasteiger partial charge in [0.2, 0.25) is 0 Å². The second-order valence-electron chi connectivity index (χ2n) is 7.82. The molecule has 1 atom stereocenters. The third-order valence-electron chi connectivity index (χ3n) is 5.48. The number of hydrogen-bond donors (Lipinski definition) is 1. The molecule has 1 heterocycles. The van der Waals surface area contributed by atoms with Gasteiger partial charge in [-0.25, -0.2) is 4.79 Å². The lowest BCUT2D eigenvalue weighted by Gasteiger charge is -2.17. The molecule has 0 spiro atoms. The third kappa shape index (κ3) is 7.43. The topological polar surface area (TPSA) is 55.8 Å². The van der Waals surface area contributed by atoms with Crippen molar-refractivity contribution in [3.8, 4) is 11.5 Å². The largest absolute Gasteiger partial charge is 0.507 e. The Morgan fingerprint density at radius 3 is 2.07 bits per heavy atom. The van der Waals surface area contributed by atoms with Crippen LogP contribution in [0.3, 0.4) is 0 Å². The summed E-state index contributed by atoms with van der Waals surface area (Å²) >= 11 is 0. The van der Waals surface area contributed by atoms with Gasteiger partial charge in [-0.2, -0.15) is 0 Å². The minimum absolute atomic E-state index is 0.0454. The summed E-state index contributed by atoms with van der Waals surface area (Å²) in [5, 5.41) is 10.4. The number of benzene rings is 1. The molecule has 27 heavy (non-hydrogen) atoms. The zero-order valence-corrected chi connectivity index (χ0v) is 17.1. The standard InChI is InChI=1S/C23H36O4/c1-18-14-12-10-8-6-4-3-5-7-9-11-13-15-19-16-20(26-2)17-21(24)22(19)23(25)27-18/h16-18,24H,3-15H2,1-2H3/t18-/m1/s1. The van der Waals surface area contributed by atoms with Gasteiger partial charge in [0, 0.05) is 6.07 Å². The maximum atomic E-state index is 12.7. The lowest BCUT2D eigenvalue weighted by molar-refractivity contribution is 0.0315. The van der Waals surface area contributed by atoms with E-state index in [0.29, 0.717) is 11.3 Å². The van der Waals surface area contributed by atoms with Gasteiger partial charge in [-0.1, -0.05) is 57.8 Å². The molecule has 0 radical (unpaired) electrons. The van der Waals surface area contributed by atoms with E-state index in [1.807, 2.05) is 13.0 Å². The Morgan fingerprint density at radius 1 is 0.926 bits per heavy atom. The second kappa shape index (κ2) is 11.9. The van der Waals surface area contributed by atoms with E-state index in [4.69, 9.17) is 9.47 Å². The average molecular weight is 377 g/mol. The third-order valence-corrected chi connectivity index (χ3v) is 5.48. The monoisotopic (exact) mass is 376 g/mol. The first-order valence-electron chi connectivity index (χ1n) is 10.7. The van der Waals surface area contributed by atoms with E-state index < -0.39 is 5.97 Å². The van der Waals surface area contributed by atoms with Gasteiger partial charge in [0.05, 0.1) is 13.2 Å². The van der Waals surface area contributed by atoms with Crippen molar-refractivity contribution in [1.82, 2.24) is 0 Å². The number of rotatable bonds is 1. The molecule has 4 nitrogen and oxygen atoms in total. The van der Waals surface area contributed by atoms with Crippen LogP contribution >= 0.6 is 0 Å². The van der Waals surface area contributed by atoms with E-state index in [-0.39, 0.29) is 11.9 Å². The Bertz CT molecular complexity index is 582. The Labute approximate surface area is 164 Å². The van der Waals surface area contributed by atoms with E-state index in [9.17, 15) is 9.90 Å². The molecule has 4 heteroatoms. The molecule has 1 aromatic carbocycles. The van der Waals surface area contributed by atoms with Crippen molar-refractivity contribution in [2.24, 2.45) is 0 Å². The molecule has 152 valence electrons. The fraction of sp³-hybridized carbons (Fsp3) is 0.696. The SMILES string of the molecule is COc1cc(O)c2c(c1)CCCCCCCCCCCCC[C@@H](C)OC2=O. The first-order valence-corrected chi connectivity index (χ1v) is 10.7. The van der Waals surface area contributed by atoms with Crippen LogP contribution in [0.4, 0.5) is 0 Å². The molecule has 0 saturated heterocycles. The Morgan fingerprint density at radius 2 is 1.48 bits per heavy atom. The number of esters is 1. The number of fused-ring (bicyclic) bond motifs is 1. The smallest absolute Gasteiger partial charge is 0.342 e. The Hall–Kier alpha value is -1.71. The van der Waals surface area contributed by atoms with Crippen molar-refractivity contribution in [2.75, 3.05) is 7.11 Å². The van der Waals surface area contributed by atoms with Crippen LogP contribution in [0.1, 0.15) is 99.9 Å². The molecule has 0 unspecified atom stereocenters. The Kier molecular flexibility index (Phi) is 9.51. The van der Waals surface area contributed by atoms with E-state index >= 15 is 0 Å². The van der Waals surface area contributed by atoms with E-state index in [1.165, 1.54) is 57.4 Å². The van der Waals surface area contributed by atoms with E-state index in [1.54, 1.807) is 7.11 Å². The number of aryl methyl sites for hydroxylation is 1. The summed E-state index contributed by atoms with van der Waals surface area (Å²) in [5.41, 5.74) is 1.13. The summed E-state index contributed by atoms with van der Waals surface area (Å²) in [7, 11) is 1.57. The van der Waals surface area contributed by atoms with Gasteiger partial charge in [-0.05, 0) is 44.2 Å².